The number of hydrogen-bond acceptors (Lipinski definition) is 2. The molecule has 2 aromatic rings. The van der Waals surface area contributed by atoms with E-state index in [0.717, 1.165) is 23.9 Å². The Kier molecular flexibility index (Phi) is 2.41. The first kappa shape index (κ1) is 11.3. The van der Waals surface area contributed by atoms with E-state index in [1.54, 1.807) is 12.1 Å². The summed E-state index contributed by atoms with van der Waals surface area (Å²) in [6.45, 7) is 0.713. The average Bonchev–Trinajstić information content (AvgIpc) is 2.35. The van der Waals surface area contributed by atoms with E-state index in [9.17, 15) is 9.59 Å². The minimum atomic E-state index is -1.19. The standard InChI is InChI=1S/C13H10ClNO3/c14-10-4-3-8-11-7(10)2-1-5-15(11)6-9(12(8)16)13(17)18/h3-4,6H,1-2,5H2,(H,17,18). The molecular formula is C13H10ClNO3. The summed E-state index contributed by atoms with van der Waals surface area (Å²) >= 11 is 6.13. The fraction of sp³-hybridized carbons (Fsp3) is 0.231. The first-order chi connectivity index (χ1) is 8.59. The van der Waals surface area contributed by atoms with Crippen LogP contribution in [0.3, 0.4) is 0 Å². The van der Waals surface area contributed by atoms with Crippen molar-refractivity contribution in [1.82, 2.24) is 4.57 Å². The highest BCUT2D eigenvalue weighted by Gasteiger charge is 2.20. The number of carboxylic acids is 1. The second-order valence-corrected chi connectivity index (χ2v) is 4.80. The van der Waals surface area contributed by atoms with Crippen LogP contribution in [0.15, 0.2) is 23.1 Å². The topological polar surface area (TPSA) is 59.3 Å². The predicted molar refractivity (Wildman–Crippen MR) is 68.5 cm³/mol. The molecule has 0 fully saturated rings. The van der Waals surface area contributed by atoms with E-state index in [1.165, 1.54) is 6.20 Å². The zero-order chi connectivity index (χ0) is 12.9. The largest absolute Gasteiger partial charge is 0.477 e. The third kappa shape index (κ3) is 1.46. The molecule has 0 unspecified atom stereocenters. The molecule has 0 atom stereocenters. The Morgan fingerprint density at radius 2 is 2.17 bits per heavy atom. The molecule has 1 aromatic heterocycles. The quantitative estimate of drug-likeness (QED) is 0.859. The van der Waals surface area contributed by atoms with Gasteiger partial charge in [-0.2, -0.15) is 0 Å². The van der Waals surface area contributed by atoms with Crippen LogP contribution in [-0.4, -0.2) is 15.6 Å². The molecule has 0 aliphatic carbocycles. The lowest BCUT2D eigenvalue weighted by molar-refractivity contribution is 0.0695. The van der Waals surface area contributed by atoms with Crippen LogP contribution in [0.2, 0.25) is 5.02 Å². The smallest absolute Gasteiger partial charge is 0.341 e. The molecule has 1 N–H and O–H groups in total. The molecule has 0 saturated carbocycles. The third-order valence-corrected chi connectivity index (χ3v) is 3.70. The predicted octanol–water partition coefficient (Wildman–Crippen LogP) is 2.30. The molecule has 1 aliphatic heterocycles. The summed E-state index contributed by atoms with van der Waals surface area (Å²) in [4.78, 5) is 23.2. The molecule has 0 radical (unpaired) electrons. The second-order valence-electron chi connectivity index (χ2n) is 4.40. The van der Waals surface area contributed by atoms with Crippen LogP contribution in [-0.2, 0) is 13.0 Å². The maximum Gasteiger partial charge on any atom is 0.341 e. The summed E-state index contributed by atoms with van der Waals surface area (Å²) in [5, 5.41) is 10.1. The van der Waals surface area contributed by atoms with Crippen LogP contribution >= 0.6 is 11.6 Å². The van der Waals surface area contributed by atoms with Crippen molar-refractivity contribution in [2.45, 2.75) is 19.4 Å². The molecule has 0 saturated heterocycles. The highest BCUT2D eigenvalue weighted by atomic mass is 35.5. The average molecular weight is 264 g/mol. The Morgan fingerprint density at radius 3 is 2.89 bits per heavy atom. The van der Waals surface area contributed by atoms with E-state index >= 15 is 0 Å². The second kappa shape index (κ2) is 3.85. The first-order valence-electron chi connectivity index (χ1n) is 5.67. The molecule has 4 nitrogen and oxygen atoms in total. The van der Waals surface area contributed by atoms with Crippen LogP contribution < -0.4 is 5.43 Å². The molecule has 92 valence electrons. The van der Waals surface area contributed by atoms with Crippen molar-refractivity contribution in [2.75, 3.05) is 0 Å². The van der Waals surface area contributed by atoms with Gasteiger partial charge < -0.3 is 9.67 Å². The number of aryl methyl sites for hydroxylation is 2. The minimum absolute atomic E-state index is 0.183. The van der Waals surface area contributed by atoms with Gasteiger partial charge in [0.15, 0.2) is 0 Å². The van der Waals surface area contributed by atoms with E-state index in [0.29, 0.717) is 17.0 Å². The van der Waals surface area contributed by atoms with Crippen molar-refractivity contribution in [2.24, 2.45) is 0 Å². The fourth-order valence-corrected chi connectivity index (χ4v) is 2.79. The number of carboxylic acid groups (broad SMARTS) is 1. The highest BCUT2D eigenvalue weighted by molar-refractivity contribution is 6.32. The van der Waals surface area contributed by atoms with Gasteiger partial charge in [-0.1, -0.05) is 11.6 Å². The van der Waals surface area contributed by atoms with E-state index < -0.39 is 11.4 Å². The molecule has 1 aromatic carbocycles. The van der Waals surface area contributed by atoms with Gasteiger partial charge >= 0.3 is 5.97 Å². The number of aromatic carboxylic acids is 1. The summed E-state index contributed by atoms with van der Waals surface area (Å²) in [6, 6.07) is 3.28. The minimum Gasteiger partial charge on any atom is -0.477 e. The van der Waals surface area contributed by atoms with Gasteiger partial charge in [0.2, 0.25) is 5.43 Å². The number of halogens is 1. The third-order valence-electron chi connectivity index (χ3n) is 3.34. The molecule has 0 spiro atoms. The molecule has 1 aliphatic rings. The van der Waals surface area contributed by atoms with Crippen LogP contribution in [0, 0.1) is 0 Å². The van der Waals surface area contributed by atoms with Gasteiger partial charge in [-0.3, -0.25) is 4.79 Å². The lowest BCUT2D eigenvalue weighted by Crippen LogP contribution is -2.22. The maximum atomic E-state index is 12.1. The Labute approximate surface area is 107 Å². The van der Waals surface area contributed by atoms with Crippen molar-refractivity contribution in [3.8, 4) is 0 Å². The van der Waals surface area contributed by atoms with Crippen molar-refractivity contribution in [1.29, 1.82) is 0 Å². The fourth-order valence-electron chi connectivity index (χ4n) is 2.54. The van der Waals surface area contributed by atoms with Crippen molar-refractivity contribution >= 4 is 28.5 Å². The van der Waals surface area contributed by atoms with Crippen molar-refractivity contribution in [3.63, 3.8) is 0 Å². The zero-order valence-corrected chi connectivity index (χ0v) is 10.2. The summed E-state index contributed by atoms with van der Waals surface area (Å²) in [6.07, 6.45) is 3.14. The number of rotatable bonds is 1. The van der Waals surface area contributed by atoms with Crippen LogP contribution in [0.25, 0.3) is 10.9 Å². The van der Waals surface area contributed by atoms with Gasteiger partial charge in [-0.25, -0.2) is 4.79 Å². The Morgan fingerprint density at radius 1 is 1.39 bits per heavy atom. The first-order valence-corrected chi connectivity index (χ1v) is 6.05. The summed E-state index contributed by atoms with van der Waals surface area (Å²) in [5.74, 6) is -1.19. The number of carbonyl (C=O) groups is 1. The Hall–Kier alpha value is -1.81. The summed E-state index contributed by atoms with van der Waals surface area (Å²) < 4.78 is 1.82. The van der Waals surface area contributed by atoms with Gasteiger partial charge in [0.25, 0.3) is 0 Å². The maximum absolute atomic E-state index is 12.1. The number of nitrogens with zero attached hydrogens (tertiary/aromatic N) is 1. The van der Waals surface area contributed by atoms with Gasteiger partial charge in [0.1, 0.15) is 5.56 Å². The SMILES string of the molecule is O=C(O)c1cn2c3c(c(Cl)ccc3c1=O)CCC2. The lowest BCUT2D eigenvalue weighted by atomic mass is 10.00. The Bertz CT molecular complexity index is 733. The number of benzene rings is 1. The zero-order valence-electron chi connectivity index (χ0n) is 9.44. The van der Waals surface area contributed by atoms with Crippen molar-refractivity contribution < 1.29 is 9.90 Å². The number of pyridine rings is 1. The molecule has 18 heavy (non-hydrogen) atoms. The number of hydrogen-bond donors (Lipinski definition) is 1. The summed E-state index contributed by atoms with van der Waals surface area (Å²) in [7, 11) is 0. The van der Waals surface area contributed by atoms with Gasteiger partial charge in [-0.15, -0.1) is 0 Å². The Balaban J connectivity index is 2.52. The van der Waals surface area contributed by atoms with Crippen LogP contribution in [0.1, 0.15) is 22.3 Å². The summed E-state index contributed by atoms with van der Waals surface area (Å²) in [5.41, 5.74) is 1.10. The monoisotopic (exact) mass is 263 g/mol. The number of aromatic nitrogens is 1. The van der Waals surface area contributed by atoms with Gasteiger partial charge in [-0.05, 0) is 30.5 Å². The van der Waals surface area contributed by atoms with Gasteiger partial charge in [0.05, 0.1) is 5.52 Å². The normalized spacial score (nSPS) is 13.8. The molecule has 0 amide bonds. The van der Waals surface area contributed by atoms with Crippen LogP contribution in [0.5, 0.6) is 0 Å². The van der Waals surface area contributed by atoms with Crippen molar-refractivity contribution in [3.05, 3.63) is 44.7 Å². The van der Waals surface area contributed by atoms with E-state index in [1.807, 2.05) is 4.57 Å². The van der Waals surface area contributed by atoms with E-state index in [4.69, 9.17) is 16.7 Å². The van der Waals surface area contributed by atoms with E-state index in [-0.39, 0.29) is 5.56 Å². The molecule has 2 heterocycles. The lowest BCUT2D eigenvalue weighted by Gasteiger charge is -2.21. The molecule has 0 bridgehead atoms. The highest BCUT2D eigenvalue weighted by Crippen LogP contribution is 2.29. The molecular weight excluding hydrogens is 254 g/mol. The molecule has 3 rings (SSSR count). The molecule has 5 heteroatoms. The van der Waals surface area contributed by atoms with E-state index in [2.05, 4.69) is 0 Å². The van der Waals surface area contributed by atoms with Crippen LogP contribution in [0.4, 0.5) is 0 Å². The van der Waals surface area contributed by atoms with Gasteiger partial charge in [0, 0.05) is 23.2 Å².